The van der Waals surface area contributed by atoms with Crippen LogP contribution in [0.25, 0.3) is 0 Å². The van der Waals surface area contributed by atoms with Crippen molar-refractivity contribution in [2.45, 2.75) is 26.3 Å². The number of anilines is 2. The van der Waals surface area contributed by atoms with E-state index >= 15 is 0 Å². The van der Waals surface area contributed by atoms with Crippen molar-refractivity contribution in [1.82, 2.24) is 4.90 Å². The molecule has 23 heavy (non-hydrogen) atoms. The largest absolute Gasteiger partial charge is 0.506 e. The number of carbonyl (C=O) groups excluding carboxylic acids is 2. The van der Waals surface area contributed by atoms with Gasteiger partial charge in [0.1, 0.15) is 17.2 Å². The maximum Gasteiger partial charge on any atom is 0.262 e. The average molecular weight is 319 g/mol. The molecule has 0 saturated carbocycles. The number of fused-ring (bicyclic) bond motifs is 1. The molecule has 3 N–H and O–H groups in total. The molecule has 1 aromatic rings. The summed E-state index contributed by atoms with van der Waals surface area (Å²) in [5.41, 5.74) is 0.705. The number of rotatable bonds is 3. The van der Waals surface area contributed by atoms with Crippen LogP contribution in [0.1, 0.15) is 20.3 Å². The van der Waals surface area contributed by atoms with E-state index in [9.17, 15) is 14.7 Å². The molecular weight excluding hydrogens is 298 g/mol. The lowest BCUT2D eigenvalue weighted by molar-refractivity contribution is -0.120. The molecule has 1 aromatic carbocycles. The summed E-state index contributed by atoms with van der Waals surface area (Å²) in [7, 11) is 0. The highest BCUT2D eigenvalue weighted by Gasteiger charge is 2.30. The van der Waals surface area contributed by atoms with E-state index < -0.39 is 0 Å². The van der Waals surface area contributed by atoms with E-state index in [4.69, 9.17) is 4.74 Å². The molecule has 2 amide bonds. The number of phenolic OH excluding ortho intramolecular Hbond substituents is 1. The molecule has 1 fully saturated rings. The minimum atomic E-state index is -0.315. The summed E-state index contributed by atoms with van der Waals surface area (Å²) < 4.78 is 5.28. The van der Waals surface area contributed by atoms with Crippen LogP contribution < -0.4 is 15.4 Å². The fourth-order valence-corrected chi connectivity index (χ4v) is 2.95. The average Bonchev–Trinajstić information content (AvgIpc) is 2.98. The van der Waals surface area contributed by atoms with Gasteiger partial charge in [0.2, 0.25) is 5.91 Å². The summed E-state index contributed by atoms with van der Waals surface area (Å²) in [6, 6.07) is 3.46. The topological polar surface area (TPSA) is 90.9 Å². The third-order valence-electron chi connectivity index (χ3n) is 4.29. The van der Waals surface area contributed by atoms with Gasteiger partial charge in [-0.15, -0.1) is 0 Å². The lowest BCUT2D eigenvalue weighted by atomic mass is 10.1. The molecule has 7 nitrogen and oxygen atoms in total. The molecule has 3 rings (SSSR count). The van der Waals surface area contributed by atoms with Gasteiger partial charge < -0.3 is 25.4 Å². The van der Waals surface area contributed by atoms with Crippen molar-refractivity contribution in [1.29, 1.82) is 0 Å². The van der Waals surface area contributed by atoms with E-state index in [2.05, 4.69) is 29.4 Å². The summed E-state index contributed by atoms with van der Waals surface area (Å²) in [6.07, 6.45) is 0.827. The Kier molecular flexibility index (Phi) is 4.12. The first kappa shape index (κ1) is 15.6. The fraction of sp³-hybridized carbons (Fsp3) is 0.500. The van der Waals surface area contributed by atoms with Crippen molar-refractivity contribution in [3.63, 3.8) is 0 Å². The molecule has 1 saturated heterocycles. The number of hydrogen-bond donors (Lipinski definition) is 3. The van der Waals surface area contributed by atoms with Crippen LogP contribution in [0.2, 0.25) is 0 Å². The van der Waals surface area contributed by atoms with Crippen LogP contribution in [0.3, 0.4) is 0 Å². The molecular formula is C16H21N3O4. The zero-order valence-electron chi connectivity index (χ0n) is 13.3. The predicted octanol–water partition coefficient (Wildman–Crippen LogP) is 1.39. The number of ether oxygens (including phenoxy) is 1. The molecule has 2 aliphatic rings. The van der Waals surface area contributed by atoms with E-state index in [-0.39, 0.29) is 35.8 Å². The second-order valence-corrected chi connectivity index (χ2v) is 6.27. The Balaban J connectivity index is 1.70. The van der Waals surface area contributed by atoms with Crippen molar-refractivity contribution in [3.05, 3.63) is 12.1 Å². The Morgan fingerprint density at radius 1 is 1.48 bits per heavy atom. The maximum absolute atomic E-state index is 12.4. The number of nitrogens with zero attached hydrogens (tertiary/aromatic N) is 1. The quantitative estimate of drug-likeness (QED) is 0.733. The summed E-state index contributed by atoms with van der Waals surface area (Å²) in [5, 5.41) is 15.4. The number of hydrogen-bond acceptors (Lipinski definition) is 5. The molecule has 1 atom stereocenters. The van der Waals surface area contributed by atoms with Crippen molar-refractivity contribution in [2.75, 3.05) is 30.3 Å². The van der Waals surface area contributed by atoms with Gasteiger partial charge in [-0.25, -0.2) is 0 Å². The summed E-state index contributed by atoms with van der Waals surface area (Å²) >= 11 is 0. The van der Waals surface area contributed by atoms with Gasteiger partial charge in [-0.05, 0) is 26.8 Å². The second kappa shape index (κ2) is 6.08. The summed E-state index contributed by atoms with van der Waals surface area (Å²) in [4.78, 5) is 25.9. The number of likely N-dealkylation sites (tertiary alicyclic amines) is 1. The maximum atomic E-state index is 12.4. The Morgan fingerprint density at radius 3 is 2.96 bits per heavy atom. The molecule has 2 aliphatic heterocycles. The first-order chi connectivity index (χ1) is 10.9. The van der Waals surface area contributed by atoms with Gasteiger partial charge in [0.15, 0.2) is 6.61 Å². The minimum absolute atomic E-state index is 0.0591. The molecule has 0 aliphatic carbocycles. The summed E-state index contributed by atoms with van der Waals surface area (Å²) in [6.45, 7) is 5.80. The minimum Gasteiger partial charge on any atom is -0.506 e. The van der Waals surface area contributed by atoms with Gasteiger partial charge in [-0.2, -0.15) is 0 Å². The van der Waals surface area contributed by atoms with Gasteiger partial charge >= 0.3 is 0 Å². The molecule has 2 heterocycles. The first-order valence-electron chi connectivity index (χ1n) is 7.78. The Hall–Kier alpha value is -2.28. The van der Waals surface area contributed by atoms with Crippen LogP contribution in [0, 0.1) is 5.92 Å². The normalized spacial score (nSPS) is 20.8. The molecule has 1 unspecified atom stereocenters. The Labute approximate surface area is 134 Å². The second-order valence-electron chi connectivity index (χ2n) is 6.27. The van der Waals surface area contributed by atoms with Crippen molar-refractivity contribution in [3.8, 4) is 11.5 Å². The number of benzene rings is 1. The highest BCUT2D eigenvalue weighted by molar-refractivity contribution is 5.99. The van der Waals surface area contributed by atoms with Crippen molar-refractivity contribution < 1.29 is 19.4 Å². The van der Waals surface area contributed by atoms with E-state index in [1.165, 1.54) is 6.07 Å². The van der Waals surface area contributed by atoms with Gasteiger partial charge in [-0.1, -0.05) is 0 Å². The smallest absolute Gasteiger partial charge is 0.262 e. The zero-order valence-corrected chi connectivity index (χ0v) is 13.3. The highest BCUT2D eigenvalue weighted by Crippen LogP contribution is 2.39. The van der Waals surface area contributed by atoms with Gasteiger partial charge in [-0.3, -0.25) is 9.59 Å². The predicted molar refractivity (Wildman–Crippen MR) is 85.7 cm³/mol. The first-order valence-corrected chi connectivity index (χ1v) is 7.78. The van der Waals surface area contributed by atoms with E-state index in [0.29, 0.717) is 17.5 Å². The number of nitrogens with one attached hydrogen (secondary N) is 2. The number of carbonyl (C=O) groups is 2. The summed E-state index contributed by atoms with van der Waals surface area (Å²) in [5.74, 6) is -0.205. The van der Waals surface area contributed by atoms with Crippen LogP contribution in [0.4, 0.5) is 11.4 Å². The van der Waals surface area contributed by atoms with Gasteiger partial charge in [0, 0.05) is 30.4 Å². The molecule has 0 radical (unpaired) electrons. The Morgan fingerprint density at radius 2 is 2.26 bits per heavy atom. The van der Waals surface area contributed by atoms with E-state index in [0.717, 1.165) is 19.5 Å². The monoisotopic (exact) mass is 319 g/mol. The highest BCUT2D eigenvalue weighted by atomic mass is 16.5. The number of amides is 2. The standard InChI is InChI=1S/C16H21N3O4/c1-9(2)19-4-3-10(7-19)16(22)17-11-5-12(20)15-13(6-11)23-8-14(21)18-15/h5-6,9-10,20H,3-4,7-8H2,1-2H3,(H,17,22)(H,18,21). The van der Waals surface area contributed by atoms with Crippen LogP contribution in [-0.4, -0.2) is 47.6 Å². The lowest BCUT2D eigenvalue weighted by Crippen LogP contribution is -2.31. The van der Waals surface area contributed by atoms with Gasteiger partial charge in [0.25, 0.3) is 5.91 Å². The molecule has 7 heteroatoms. The zero-order chi connectivity index (χ0) is 16.6. The Bertz CT molecular complexity index is 644. The van der Waals surface area contributed by atoms with Crippen LogP contribution >= 0.6 is 0 Å². The third kappa shape index (κ3) is 3.24. The number of aromatic hydroxyl groups is 1. The van der Waals surface area contributed by atoms with Crippen LogP contribution in [-0.2, 0) is 9.59 Å². The molecule has 124 valence electrons. The van der Waals surface area contributed by atoms with Crippen LogP contribution in [0.5, 0.6) is 11.5 Å². The van der Waals surface area contributed by atoms with Gasteiger partial charge in [0.05, 0.1) is 5.92 Å². The van der Waals surface area contributed by atoms with E-state index in [1.807, 2.05) is 0 Å². The van der Waals surface area contributed by atoms with Crippen molar-refractivity contribution >= 4 is 23.2 Å². The SMILES string of the molecule is CC(C)N1CCC(C(=O)Nc2cc(O)c3c(c2)OCC(=O)N3)C1. The van der Waals surface area contributed by atoms with E-state index in [1.54, 1.807) is 6.07 Å². The lowest BCUT2D eigenvalue weighted by Gasteiger charge is -2.21. The molecule has 0 spiro atoms. The molecule has 0 bridgehead atoms. The third-order valence-corrected chi connectivity index (χ3v) is 4.29. The number of phenols is 1. The van der Waals surface area contributed by atoms with Crippen LogP contribution in [0.15, 0.2) is 12.1 Å². The van der Waals surface area contributed by atoms with Crippen molar-refractivity contribution in [2.24, 2.45) is 5.92 Å². The molecule has 0 aromatic heterocycles. The fourth-order valence-electron chi connectivity index (χ4n) is 2.95.